The molecular weight excluding hydrogens is 334 g/mol. The van der Waals surface area contributed by atoms with Gasteiger partial charge >= 0.3 is 118 Å². The zero-order chi connectivity index (χ0) is 14.1. The van der Waals surface area contributed by atoms with Crippen molar-refractivity contribution in [1.82, 2.24) is 7.96 Å². The monoisotopic (exact) mass is 343 g/mol. The molecule has 0 saturated heterocycles. The molecule has 0 spiro atoms. The first-order valence-corrected chi connectivity index (χ1v) is 7.27. The number of halogens is 3. The standard InChI is InChI=1S/C13H8F3N3Se/c14-8-4-7(5-9(15)12(8)16)6-17-10-2-1-3-11-13(10)19-20-18-11/h1-5,17H,6H2. The molecule has 102 valence electrons. The Morgan fingerprint density at radius 1 is 1.05 bits per heavy atom. The van der Waals surface area contributed by atoms with Crippen LogP contribution in [0.3, 0.4) is 0 Å². The van der Waals surface area contributed by atoms with Crippen molar-refractivity contribution in [2.24, 2.45) is 0 Å². The van der Waals surface area contributed by atoms with Crippen molar-refractivity contribution in [2.45, 2.75) is 6.54 Å². The van der Waals surface area contributed by atoms with Crippen LogP contribution in [0.25, 0.3) is 11.0 Å². The summed E-state index contributed by atoms with van der Waals surface area (Å²) in [6, 6.07) is 7.44. The van der Waals surface area contributed by atoms with Gasteiger partial charge in [0, 0.05) is 0 Å². The Morgan fingerprint density at radius 3 is 2.55 bits per heavy atom. The quantitative estimate of drug-likeness (QED) is 0.588. The molecule has 1 heterocycles. The van der Waals surface area contributed by atoms with Gasteiger partial charge in [-0.25, -0.2) is 0 Å². The average Bonchev–Trinajstić information content (AvgIpc) is 2.91. The molecule has 0 saturated carbocycles. The molecule has 3 rings (SSSR count). The molecule has 0 unspecified atom stereocenters. The minimum atomic E-state index is -1.45. The number of benzene rings is 2. The first kappa shape index (κ1) is 13.1. The second kappa shape index (κ2) is 5.26. The van der Waals surface area contributed by atoms with Gasteiger partial charge in [-0.05, 0) is 0 Å². The fourth-order valence-corrected chi connectivity index (χ4v) is 3.01. The van der Waals surface area contributed by atoms with Crippen LogP contribution >= 0.6 is 0 Å². The number of nitrogens with one attached hydrogen (secondary N) is 1. The number of rotatable bonds is 3. The van der Waals surface area contributed by atoms with Crippen LogP contribution in [0, 0.1) is 17.5 Å². The summed E-state index contributed by atoms with van der Waals surface area (Å²) in [5.41, 5.74) is 2.64. The molecule has 0 radical (unpaired) electrons. The van der Waals surface area contributed by atoms with Crippen LogP contribution in [0.5, 0.6) is 0 Å². The van der Waals surface area contributed by atoms with Gasteiger partial charge < -0.3 is 0 Å². The second-order valence-electron chi connectivity index (χ2n) is 4.16. The number of anilines is 1. The third-order valence-electron chi connectivity index (χ3n) is 2.81. The predicted molar refractivity (Wildman–Crippen MR) is 70.1 cm³/mol. The maximum absolute atomic E-state index is 13.1. The van der Waals surface area contributed by atoms with Crippen molar-refractivity contribution in [3.8, 4) is 0 Å². The summed E-state index contributed by atoms with van der Waals surface area (Å²) in [4.78, 5) is 0. The molecule has 3 aromatic rings. The van der Waals surface area contributed by atoms with Crippen LogP contribution in [0.2, 0.25) is 0 Å². The van der Waals surface area contributed by atoms with E-state index in [2.05, 4.69) is 13.3 Å². The van der Waals surface area contributed by atoms with Gasteiger partial charge in [0.1, 0.15) is 0 Å². The normalized spacial score (nSPS) is 10.9. The summed E-state index contributed by atoms with van der Waals surface area (Å²) < 4.78 is 47.6. The van der Waals surface area contributed by atoms with Crippen LogP contribution in [-0.4, -0.2) is 22.9 Å². The molecule has 0 aliphatic heterocycles. The van der Waals surface area contributed by atoms with Gasteiger partial charge in [-0.3, -0.25) is 0 Å². The SMILES string of the molecule is Fc1cc(CNc2cccc3n[se]nc23)cc(F)c1F. The van der Waals surface area contributed by atoms with Crippen LogP contribution in [0.1, 0.15) is 5.56 Å². The van der Waals surface area contributed by atoms with Crippen LogP contribution in [0.4, 0.5) is 18.9 Å². The van der Waals surface area contributed by atoms with E-state index in [4.69, 9.17) is 0 Å². The number of fused-ring (bicyclic) bond motifs is 1. The first-order chi connectivity index (χ1) is 9.65. The number of hydrogen-bond donors (Lipinski definition) is 1. The van der Waals surface area contributed by atoms with Crippen LogP contribution in [0.15, 0.2) is 30.3 Å². The Balaban J connectivity index is 1.85. The van der Waals surface area contributed by atoms with Crippen LogP contribution in [-0.2, 0) is 6.54 Å². The summed E-state index contributed by atoms with van der Waals surface area (Å²) in [6.45, 7) is 0.174. The topological polar surface area (TPSA) is 37.8 Å². The van der Waals surface area contributed by atoms with E-state index in [1.165, 1.54) is 0 Å². The Kier molecular flexibility index (Phi) is 3.46. The van der Waals surface area contributed by atoms with Gasteiger partial charge in [-0.15, -0.1) is 0 Å². The van der Waals surface area contributed by atoms with Crippen molar-refractivity contribution in [3.63, 3.8) is 0 Å². The molecule has 1 aromatic heterocycles. The molecule has 7 heteroatoms. The first-order valence-electron chi connectivity index (χ1n) is 5.74. The summed E-state index contributed by atoms with van der Waals surface area (Å²) >= 11 is -0.145. The van der Waals surface area contributed by atoms with Crippen LogP contribution < -0.4 is 5.32 Å². The Hall–Kier alpha value is -1.85. The summed E-state index contributed by atoms with van der Waals surface area (Å²) in [5.74, 6) is -3.84. The van der Waals surface area contributed by atoms with E-state index in [0.717, 1.165) is 28.9 Å². The zero-order valence-corrected chi connectivity index (χ0v) is 11.7. The molecule has 0 fully saturated rings. The fraction of sp³-hybridized carbons (Fsp3) is 0.0769. The molecular formula is C13H8F3N3Se. The molecule has 0 bridgehead atoms. The average molecular weight is 342 g/mol. The van der Waals surface area contributed by atoms with Crippen molar-refractivity contribution < 1.29 is 13.2 Å². The van der Waals surface area contributed by atoms with E-state index in [1.54, 1.807) is 0 Å². The third kappa shape index (κ3) is 2.42. The van der Waals surface area contributed by atoms with Gasteiger partial charge in [0.15, 0.2) is 0 Å². The van der Waals surface area contributed by atoms with E-state index in [-0.39, 0.29) is 21.5 Å². The Morgan fingerprint density at radius 2 is 1.80 bits per heavy atom. The van der Waals surface area contributed by atoms with Crippen molar-refractivity contribution >= 4 is 31.7 Å². The fourth-order valence-electron chi connectivity index (χ4n) is 1.86. The Bertz CT molecular complexity index is 749. The van der Waals surface area contributed by atoms with Crippen molar-refractivity contribution in [3.05, 3.63) is 53.3 Å². The van der Waals surface area contributed by atoms with E-state index in [1.807, 2.05) is 18.2 Å². The second-order valence-corrected chi connectivity index (χ2v) is 5.27. The maximum atomic E-state index is 13.1. The number of nitrogens with zero attached hydrogens (tertiary/aromatic N) is 2. The Labute approximate surface area is 118 Å². The third-order valence-corrected chi connectivity index (χ3v) is 3.95. The molecule has 0 aliphatic carbocycles. The number of aromatic nitrogens is 2. The minimum absolute atomic E-state index is 0.145. The zero-order valence-electron chi connectivity index (χ0n) is 10.0. The molecule has 0 amide bonds. The van der Waals surface area contributed by atoms with Gasteiger partial charge in [-0.2, -0.15) is 0 Å². The van der Waals surface area contributed by atoms with E-state index in [0.29, 0.717) is 5.56 Å². The predicted octanol–water partition coefficient (Wildman–Crippen LogP) is 2.72. The van der Waals surface area contributed by atoms with Gasteiger partial charge in [0.2, 0.25) is 0 Å². The summed E-state index contributed by atoms with van der Waals surface area (Å²) in [7, 11) is 0. The molecule has 2 aromatic carbocycles. The van der Waals surface area contributed by atoms with E-state index < -0.39 is 17.5 Å². The molecule has 1 N–H and O–H groups in total. The molecule has 3 nitrogen and oxygen atoms in total. The summed E-state index contributed by atoms with van der Waals surface area (Å²) in [5, 5.41) is 3.04. The summed E-state index contributed by atoms with van der Waals surface area (Å²) in [6.07, 6.45) is 0. The van der Waals surface area contributed by atoms with Crippen molar-refractivity contribution in [1.29, 1.82) is 0 Å². The number of hydrogen-bond acceptors (Lipinski definition) is 3. The molecule has 20 heavy (non-hydrogen) atoms. The van der Waals surface area contributed by atoms with E-state index >= 15 is 0 Å². The van der Waals surface area contributed by atoms with Gasteiger partial charge in [0.25, 0.3) is 0 Å². The van der Waals surface area contributed by atoms with Crippen molar-refractivity contribution in [2.75, 3.05) is 5.32 Å². The van der Waals surface area contributed by atoms with Gasteiger partial charge in [0.05, 0.1) is 0 Å². The van der Waals surface area contributed by atoms with Gasteiger partial charge in [-0.1, -0.05) is 0 Å². The molecule has 0 aliphatic rings. The van der Waals surface area contributed by atoms with E-state index in [9.17, 15) is 13.2 Å². The molecule has 0 atom stereocenters.